The topological polar surface area (TPSA) is 77.8 Å². The van der Waals surface area contributed by atoms with Gasteiger partial charge in [0.2, 0.25) is 0 Å². The summed E-state index contributed by atoms with van der Waals surface area (Å²) in [5.41, 5.74) is 2.58. The molecule has 1 heterocycles. The van der Waals surface area contributed by atoms with E-state index in [4.69, 9.17) is 5.26 Å². The Bertz CT molecular complexity index is 671. The number of rotatable bonds is 4. The molecule has 0 radical (unpaired) electrons. The number of carbonyl (C=O) groups excluding carboxylic acids is 1. The number of nitrogens with one attached hydrogen (secondary N) is 2. The average Bonchev–Trinajstić information content (AvgIpc) is 2.47. The SMILES string of the molecule is CC(C)NC(=O)c1cc(Nc2ccc(C#N)cc2)ccn1. The first-order valence-corrected chi connectivity index (χ1v) is 6.62. The summed E-state index contributed by atoms with van der Waals surface area (Å²) in [4.78, 5) is 16.0. The first kappa shape index (κ1) is 14.5. The Balaban J connectivity index is 2.13. The van der Waals surface area contributed by atoms with Crippen molar-refractivity contribution in [2.45, 2.75) is 19.9 Å². The second kappa shape index (κ2) is 6.53. The van der Waals surface area contributed by atoms with Gasteiger partial charge in [-0.05, 0) is 50.2 Å². The van der Waals surface area contributed by atoms with Gasteiger partial charge in [0, 0.05) is 23.6 Å². The van der Waals surface area contributed by atoms with Crippen molar-refractivity contribution >= 4 is 17.3 Å². The van der Waals surface area contributed by atoms with Crippen LogP contribution in [0.3, 0.4) is 0 Å². The highest BCUT2D eigenvalue weighted by atomic mass is 16.1. The first-order valence-electron chi connectivity index (χ1n) is 6.62. The summed E-state index contributed by atoms with van der Waals surface area (Å²) in [6.45, 7) is 3.80. The number of nitrogens with zero attached hydrogens (tertiary/aromatic N) is 2. The van der Waals surface area contributed by atoms with E-state index in [1.807, 2.05) is 26.0 Å². The van der Waals surface area contributed by atoms with Crippen LogP contribution in [0.25, 0.3) is 0 Å². The molecular formula is C16H16N4O. The fourth-order valence-corrected chi connectivity index (χ4v) is 1.76. The van der Waals surface area contributed by atoms with E-state index in [0.29, 0.717) is 11.3 Å². The predicted molar refractivity (Wildman–Crippen MR) is 81.3 cm³/mol. The second-order valence-electron chi connectivity index (χ2n) is 4.87. The molecule has 2 rings (SSSR count). The molecule has 0 bridgehead atoms. The minimum atomic E-state index is -0.200. The number of anilines is 2. The lowest BCUT2D eigenvalue weighted by Crippen LogP contribution is -2.30. The van der Waals surface area contributed by atoms with Gasteiger partial charge in [-0.2, -0.15) is 5.26 Å². The van der Waals surface area contributed by atoms with E-state index in [2.05, 4.69) is 21.7 Å². The van der Waals surface area contributed by atoms with Crippen LogP contribution in [0.5, 0.6) is 0 Å². The van der Waals surface area contributed by atoms with Gasteiger partial charge in [-0.1, -0.05) is 0 Å². The molecule has 0 fully saturated rings. The Morgan fingerprint density at radius 1 is 1.19 bits per heavy atom. The van der Waals surface area contributed by atoms with Crippen LogP contribution in [0.15, 0.2) is 42.6 Å². The number of benzene rings is 1. The van der Waals surface area contributed by atoms with E-state index in [1.165, 1.54) is 0 Å². The van der Waals surface area contributed by atoms with Crippen LogP contribution in [0.1, 0.15) is 29.9 Å². The average molecular weight is 280 g/mol. The molecule has 0 unspecified atom stereocenters. The van der Waals surface area contributed by atoms with Gasteiger partial charge in [0.15, 0.2) is 0 Å². The summed E-state index contributed by atoms with van der Waals surface area (Å²) in [6.07, 6.45) is 1.58. The lowest BCUT2D eigenvalue weighted by atomic mass is 10.2. The lowest BCUT2D eigenvalue weighted by molar-refractivity contribution is 0.0938. The molecule has 2 N–H and O–H groups in total. The van der Waals surface area contributed by atoms with E-state index in [9.17, 15) is 4.79 Å². The Morgan fingerprint density at radius 3 is 2.52 bits per heavy atom. The quantitative estimate of drug-likeness (QED) is 0.902. The third-order valence-electron chi connectivity index (χ3n) is 2.72. The molecule has 0 spiro atoms. The van der Waals surface area contributed by atoms with Crippen molar-refractivity contribution in [3.05, 3.63) is 53.9 Å². The molecular weight excluding hydrogens is 264 g/mol. The molecule has 0 aliphatic carbocycles. The maximum absolute atomic E-state index is 11.9. The largest absolute Gasteiger partial charge is 0.355 e. The molecule has 21 heavy (non-hydrogen) atoms. The van der Waals surface area contributed by atoms with Crippen molar-refractivity contribution in [3.63, 3.8) is 0 Å². The van der Waals surface area contributed by atoms with E-state index in [-0.39, 0.29) is 11.9 Å². The Hall–Kier alpha value is -2.87. The van der Waals surface area contributed by atoms with Crippen LogP contribution in [-0.2, 0) is 0 Å². The number of carbonyl (C=O) groups is 1. The third-order valence-corrected chi connectivity index (χ3v) is 2.72. The van der Waals surface area contributed by atoms with Gasteiger partial charge in [-0.15, -0.1) is 0 Å². The number of hydrogen-bond donors (Lipinski definition) is 2. The zero-order valence-corrected chi connectivity index (χ0v) is 11.9. The van der Waals surface area contributed by atoms with Crippen molar-refractivity contribution in [1.82, 2.24) is 10.3 Å². The summed E-state index contributed by atoms with van der Waals surface area (Å²) < 4.78 is 0. The highest BCUT2D eigenvalue weighted by Gasteiger charge is 2.09. The standard InChI is InChI=1S/C16H16N4O/c1-11(2)19-16(21)15-9-14(7-8-18-15)20-13-5-3-12(10-17)4-6-13/h3-9,11H,1-2H3,(H,18,20)(H,19,21). The van der Waals surface area contributed by atoms with Crippen molar-refractivity contribution in [2.75, 3.05) is 5.32 Å². The fraction of sp³-hybridized carbons (Fsp3) is 0.188. The maximum Gasteiger partial charge on any atom is 0.270 e. The zero-order valence-electron chi connectivity index (χ0n) is 11.9. The van der Waals surface area contributed by atoms with Gasteiger partial charge in [0.05, 0.1) is 11.6 Å². The van der Waals surface area contributed by atoms with Gasteiger partial charge in [-0.25, -0.2) is 0 Å². The number of aromatic nitrogens is 1. The van der Waals surface area contributed by atoms with Gasteiger partial charge < -0.3 is 10.6 Å². The van der Waals surface area contributed by atoms with Crippen LogP contribution < -0.4 is 10.6 Å². The monoisotopic (exact) mass is 280 g/mol. The fourth-order valence-electron chi connectivity index (χ4n) is 1.76. The Labute approximate surface area is 123 Å². The van der Waals surface area contributed by atoms with Gasteiger partial charge in [0.25, 0.3) is 5.91 Å². The van der Waals surface area contributed by atoms with Crippen LogP contribution in [0.4, 0.5) is 11.4 Å². The smallest absolute Gasteiger partial charge is 0.270 e. The summed E-state index contributed by atoms with van der Waals surface area (Å²) in [6, 6.07) is 12.7. The summed E-state index contributed by atoms with van der Waals surface area (Å²) in [5.74, 6) is -0.200. The van der Waals surface area contributed by atoms with E-state index in [0.717, 1.165) is 11.4 Å². The molecule has 0 aliphatic heterocycles. The van der Waals surface area contributed by atoms with E-state index < -0.39 is 0 Å². The van der Waals surface area contributed by atoms with Crippen LogP contribution >= 0.6 is 0 Å². The Morgan fingerprint density at radius 2 is 1.90 bits per heavy atom. The number of amides is 1. The normalized spacial score (nSPS) is 10.0. The third kappa shape index (κ3) is 4.05. The molecule has 0 saturated heterocycles. The molecule has 0 atom stereocenters. The summed E-state index contributed by atoms with van der Waals surface area (Å²) in [5, 5.41) is 14.7. The molecule has 0 aliphatic rings. The van der Waals surface area contributed by atoms with Crippen LogP contribution in [-0.4, -0.2) is 16.9 Å². The second-order valence-corrected chi connectivity index (χ2v) is 4.87. The molecule has 5 nitrogen and oxygen atoms in total. The van der Waals surface area contributed by atoms with Crippen LogP contribution in [0, 0.1) is 11.3 Å². The summed E-state index contributed by atoms with van der Waals surface area (Å²) in [7, 11) is 0. The number of nitriles is 1. The predicted octanol–water partition coefficient (Wildman–Crippen LogP) is 2.84. The number of hydrogen-bond acceptors (Lipinski definition) is 4. The number of pyridine rings is 1. The summed E-state index contributed by atoms with van der Waals surface area (Å²) >= 11 is 0. The highest BCUT2D eigenvalue weighted by Crippen LogP contribution is 2.17. The molecule has 106 valence electrons. The van der Waals surface area contributed by atoms with Gasteiger partial charge >= 0.3 is 0 Å². The van der Waals surface area contributed by atoms with Gasteiger partial charge in [-0.3, -0.25) is 9.78 Å². The van der Waals surface area contributed by atoms with Crippen molar-refractivity contribution in [3.8, 4) is 6.07 Å². The van der Waals surface area contributed by atoms with Crippen molar-refractivity contribution in [1.29, 1.82) is 5.26 Å². The molecule has 1 aromatic carbocycles. The van der Waals surface area contributed by atoms with Crippen molar-refractivity contribution in [2.24, 2.45) is 0 Å². The molecule has 1 aromatic heterocycles. The minimum Gasteiger partial charge on any atom is -0.355 e. The zero-order chi connectivity index (χ0) is 15.2. The van der Waals surface area contributed by atoms with Crippen molar-refractivity contribution < 1.29 is 4.79 Å². The molecule has 1 amide bonds. The lowest BCUT2D eigenvalue weighted by Gasteiger charge is -2.10. The maximum atomic E-state index is 11.9. The first-order chi connectivity index (χ1) is 10.1. The van der Waals surface area contributed by atoms with E-state index in [1.54, 1.807) is 30.5 Å². The minimum absolute atomic E-state index is 0.0643. The molecule has 2 aromatic rings. The Kier molecular flexibility index (Phi) is 4.52. The van der Waals surface area contributed by atoms with Gasteiger partial charge in [0.1, 0.15) is 5.69 Å². The highest BCUT2D eigenvalue weighted by molar-refractivity contribution is 5.93. The van der Waals surface area contributed by atoms with Crippen LogP contribution in [0.2, 0.25) is 0 Å². The van der Waals surface area contributed by atoms with E-state index >= 15 is 0 Å². The molecule has 5 heteroatoms. The molecule has 0 saturated carbocycles.